The number of nitrogens with two attached hydrogens (primary N) is 1. The molecule has 1 aromatic rings. The number of urea groups is 1. The second-order valence-corrected chi connectivity index (χ2v) is 7.89. The van der Waals surface area contributed by atoms with E-state index in [9.17, 15) is 18.0 Å². The largest absolute Gasteiger partial charge is 0.332 e. The van der Waals surface area contributed by atoms with Crippen molar-refractivity contribution in [3.05, 3.63) is 34.6 Å². The summed E-state index contributed by atoms with van der Waals surface area (Å²) in [6.07, 6.45) is 0. The molecule has 2 rings (SSSR count). The lowest BCUT2D eigenvalue weighted by molar-refractivity contribution is -0.123. The van der Waals surface area contributed by atoms with Crippen molar-refractivity contribution < 1.29 is 18.0 Å². The minimum atomic E-state index is -3.78. The van der Waals surface area contributed by atoms with Crippen LogP contribution < -0.4 is 10.0 Å². The summed E-state index contributed by atoms with van der Waals surface area (Å²) in [5.41, 5.74) is -0.814. The van der Waals surface area contributed by atoms with Gasteiger partial charge in [0.25, 0.3) is 5.91 Å². The lowest BCUT2D eigenvalue weighted by Crippen LogP contribution is -2.46. The zero-order valence-electron chi connectivity index (χ0n) is 13.0. The van der Waals surface area contributed by atoms with E-state index in [1.54, 1.807) is 0 Å². The monoisotopic (exact) mass is 370 g/mol. The number of imide groups is 1. The van der Waals surface area contributed by atoms with Crippen LogP contribution in [0.1, 0.15) is 13.8 Å². The van der Waals surface area contributed by atoms with Crippen LogP contribution in [-0.4, -0.2) is 43.1 Å². The Hall–Kier alpha value is -2.15. The Morgan fingerprint density at radius 2 is 1.96 bits per heavy atom. The van der Waals surface area contributed by atoms with E-state index < -0.39 is 33.3 Å². The number of halogens is 1. The van der Waals surface area contributed by atoms with Crippen molar-refractivity contribution in [2.24, 2.45) is 5.14 Å². The van der Waals surface area contributed by atoms with Crippen molar-refractivity contribution >= 4 is 44.9 Å². The number of nitrogens with zero attached hydrogens (tertiary/aromatic N) is 3. The maximum absolute atomic E-state index is 12.6. The van der Waals surface area contributed by atoms with Crippen LogP contribution in [0.5, 0.6) is 0 Å². The van der Waals surface area contributed by atoms with Crippen molar-refractivity contribution in [2.75, 3.05) is 17.2 Å². The number of anilines is 1. The molecule has 10 heteroatoms. The fourth-order valence-corrected chi connectivity index (χ4v) is 3.04. The van der Waals surface area contributed by atoms with E-state index in [-0.39, 0.29) is 22.9 Å². The van der Waals surface area contributed by atoms with Crippen LogP contribution >= 0.6 is 11.6 Å². The van der Waals surface area contributed by atoms with Crippen molar-refractivity contribution in [3.63, 3.8) is 0 Å². The molecule has 2 N–H and O–H groups in total. The zero-order valence-corrected chi connectivity index (χ0v) is 14.6. The standard InChI is InChI=1S/C14H15ClN4O4S/c1-14(2)12(20)19(9-4-5-11(17-3)10(15)8-9)13(21)18(14)6-7-24(16,22)23/h4-5,8H,6-7H2,1-2H3,(H2,16,22,23). The third-order valence-electron chi connectivity index (χ3n) is 3.73. The Labute approximate surface area is 144 Å². The van der Waals surface area contributed by atoms with E-state index in [2.05, 4.69) is 4.85 Å². The molecule has 8 nitrogen and oxygen atoms in total. The van der Waals surface area contributed by atoms with Gasteiger partial charge in [0.2, 0.25) is 15.7 Å². The summed E-state index contributed by atoms with van der Waals surface area (Å²) in [6.45, 7) is 9.80. The van der Waals surface area contributed by atoms with Crippen LogP contribution in [0.15, 0.2) is 18.2 Å². The highest BCUT2D eigenvalue weighted by Gasteiger charge is 2.51. The van der Waals surface area contributed by atoms with Crippen molar-refractivity contribution in [1.29, 1.82) is 0 Å². The van der Waals surface area contributed by atoms with Gasteiger partial charge >= 0.3 is 6.03 Å². The van der Waals surface area contributed by atoms with Crippen LogP contribution in [0.3, 0.4) is 0 Å². The first-order valence-electron chi connectivity index (χ1n) is 6.82. The highest BCUT2D eigenvalue weighted by Crippen LogP contribution is 2.35. The molecule has 0 unspecified atom stereocenters. The van der Waals surface area contributed by atoms with Crippen molar-refractivity contribution in [3.8, 4) is 0 Å². The molecule has 0 bridgehead atoms. The Balaban J connectivity index is 2.39. The minimum absolute atomic E-state index is 0.115. The first kappa shape index (κ1) is 18.2. The number of hydrogen-bond acceptors (Lipinski definition) is 4. The summed E-state index contributed by atoms with van der Waals surface area (Å²) in [6, 6.07) is 3.53. The van der Waals surface area contributed by atoms with Gasteiger partial charge < -0.3 is 4.90 Å². The fourth-order valence-electron chi connectivity index (χ4n) is 2.38. The molecule has 1 saturated heterocycles. The van der Waals surface area contributed by atoms with Gasteiger partial charge in [-0.05, 0) is 26.0 Å². The van der Waals surface area contributed by atoms with Gasteiger partial charge in [0.15, 0.2) is 0 Å². The van der Waals surface area contributed by atoms with E-state index in [0.717, 1.165) is 9.80 Å². The summed E-state index contributed by atoms with van der Waals surface area (Å²) < 4.78 is 22.3. The maximum atomic E-state index is 12.6. The molecule has 0 radical (unpaired) electrons. The molecule has 3 amide bonds. The molecule has 0 saturated carbocycles. The van der Waals surface area contributed by atoms with Crippen LogP contribution in [-0.2, 0) is 14.8 Å². The van der Waals surface area contributed by atoms with Gasteiger partial charge in [-0.1, -0.05) is 17.7 Å². The normalized spacial score (nSPS) is 17.3. The summed E-state index contributed by atoms with van der Waals surface area (Å²) >= 11 is 5.96. The van der Waals surface area contributed by atoms with E-state index in [1.165, 1.54) is 32.0 Å². The van der Waals surface area contributed by atoms with Crippen LogP contribution in [0.4, 0.5) is 16.2 Å². The first-order chi connectivity index (χ1) is 11.0. The molecular formula is C14H15ClN4O4S. The molecule has 0 spiro atoms. The molecule has 1 aliphatic heterocycles. The van der Waals surface area contributed by atoms with E-state index in [1.807, 2.05) is 0 Å². The van der Waals surface area contributed by atoms with Gasteiger partial charge in [0.1, 0.15) is 5.54 Å². The predicted molar refractivity (Wildman–Crippen MR) is 89.4 cm³/mol. The highest BCUT2D eigenvalue weighted by atomic mass is 35.5. The SMILES string of the molecule is [C-]#[N+]c1ccc(N2C(=O)N(CCS(N)(=O)=O)C(C)(C)C2=O)cc1Cl. The lowest BCUT2D eigenvalue weighted by Gasteiger charge is -2.27. The molecule has 0 aliphatic carbocycles. The number of carbonyl (C=O) groups is 2. The Morgan fingerprint density at radius 1 is 1.33 bits per heavy atom. The Bertz CT molecular complexity index is 860. The Morgan fingerprint density at radius 3 is 2.46 bits per heavy atom. The number of sulfonamides is 1. The quantitative estimate of drug-likeness (QED) is 0.643. The molecular weight excluding hydrogens is 356 g/mol. The van der Waals surface area contributed by atoms with Crippen molar-refractivity contribution in [2.45, 2.75) is 19.4 Å². The smallest absolute Gasteiger partial charge is 0.309 e. The van der Waals surface area contributed by atoms with E-state index in [0.29, 0.717) is 0 Å². The lowest BCUT2D eigenvalue weighted by atomic mass is 10.0. The van der Waals surface area contributed by atoms with Gasteiger partial charge in [0.05, 0.1) is 18.0 Å². The molecule has 1 aliphatic rings. The highest BCUT2D eigenvalue weighted by molar-refractivity contribution is 7.89. The first-order valence-corrected chi connectivity index (χ1v) is 8.92. The molecule has 1 fully saturated rings. The number of rotatable bonds is 4. The van der Waals surface area contributed by atoms with E-state index >= 15 is 0 Å². The topological polar surface area (TPSA) is 105 Å². The van der Waals surface area contributed by atoms with Crippen LogP contribution in [0.2, 0.25) is 5.02 Å². The third-order valence-corrected chi connectivity index (χ3v) is 4.79. The van der Waals surface area contributed by atoms with Gasteiger partial charge in [0, 0.05) is 11.6 Å². The summed E-state index contributed by atoms with van der Waals surface area (Å²) in [7, 11) is -3.78. The summed E-state index contributed by atoms with van der Waals surface area (Å²) in [5.74, 6) is -0.977. The molecule has 24 heavy (non-hydrogen) atoms. The average Bonchev–Trinajstić information content (AvgIpc) is 2.62. The van der Waals surface area contributed by atoms with Crippen molar-refractivity contribution in [1.82, 2.24) is 4.90 Å². The van der Waals surface area contributed by atoms with Gasteiger partial charge in [-0.25, -0.2) is 28.1 Å². The average molecular weight is 371 g/mol. The number of amides is 3. The molecule has 128 valence electrons. The minimum Gasteiger partial charge on any atom is -0.309 e. The van der Waals surface area contributed by atoms with Crippen LogP contribution in [0, 0.1) is 6.57 Å². The van der Waals surface area contributed by atoms with Gasteiger partial charge in [-0.2, -0.15) is 0 Å². The summed E-state index contributed by atoms with van der Waals surface area (Å²) in [5, 5.41) is 5.08. The van der Waals surface area contributed by atoms with Gasteiger partial charge in [-0.15, -0.1) is 0 Å². The number of primary sulfonamides is 1. The molecule has 1 heterocycles. The second kappa shape index (κ2) is 6.05. The van der Waals surface area contributed by atoms with E-state index in [4.69, 9.17) is 23.3 Å². The second-order valence-electron chi connectivity index (χ2n) is 5.75. The summed E-state index contributed by atoms with van der Waals surface area (Å²) in [4.78, 5) is 30.5. The molecule has 0 aromatic heterocycles. The van der Waals surface area contributed by atoms with Gasteiger partial charge in [-0.3, -0.25) is 4.79 Å². The Kier molecular flexibility index (Phi) is 4.59. The predicted octanol–water partition coefficient (Wildman–Crippen LogP) is 1.73. The number of hydrogen-bond donors (Lipinski definition) is 1. The molecule has 0 atom stereocenters. The maximum Gasteiger partial charge on any atom is 0.332 e. The zero-order chi connectivity index (χ0) is 18.3. The fraction of sp³-hybridized carbons (Fsp3) is 0.357. The number of carbonyl (C=O) groups excluding carboxylic acids is 2. The van der Waals surface area contributed by atoms with Crippen LogP contribution in [0.25, 0.3) is 4.85 Å². The number of benzene rings is 1. The third kappa shape index (κ3) is 3.21. The molecule has 1 aromatic carbocycles.